The number of hydrogen-bond acceptors (Lipinski definition) is 3. The zero-order chi connectivity index (χ0) is 15.1. The Balaban J connectivity index is 2.40. The second-order valence-electron chi connectivity index (χ2n) is 5.01. The largest absolute Gasteiger partial charge is 0.481 e. The molecule has 0 aliphatic heterocycles. The Labute approximate surface area is 118 Å². The van der Waals surface area contributed by atoms with E-state index in [1.807, 2.05) is 20.8 Å². The highest BCUT2D eigenvalue weighted by Crippen LogP contribution is 2.10. The first-order valence-electron chi connectivity index (χ1n) is 6.73. The van der Waals surface area contributed by atoms with Crippen LogP contribution in [0.5, 0.6) is 0 Å². The minimum absolute atomic E-state index is 0.0576. The average molecular weight is 282 g/mol. The van der Waals surface area contributed by atoms with Crippen LogP contribution in [0.4, 0.5) is 10.5 Å². The van der Waals surface area contributed by atoms with Crippen LogP contribution in [0.1, 0.15) is 39.7 Å². The number of urea groups is 1. The standard InChI is InChI=1S/C13H22N4O3/c1-4-10(5-12(18)19)6-14-13(20)16-11-7-15-17(8-11)9(2)3/h7-10H,4-6H2,1-3H3,(H,18,19)(H2,14,16,20). The number of aliphatic carboxylic acids is 1. The van der Waals surface area contributed by atoms with Gasteiger partial charge in [0.15, 0.2) is 0 Å². The molecular formula is C13H22N4O3. The third kappa shape index (κ3) is 5.29. The molecule has 3 N–H and O–H groups in total. The van der Waals surface area contributed by atoms with Crippen LogP contribution in [0.2, 0.25) is 0 Å². The van der Waals surface area contributed by atoms with Crippen molar-refractivity contribution in [1.82, 2.24) is 15.1 Å². The SMILES string of the molecule is CCC(CNC(=O)Nc1cnn(C(C)C)c1)CC(=O)O. The number of nitrogens with one attached hydrogen (secondary N) is 2. The number of nitrogens with zero attached hydrogens (tertiary/aromatic N) is 2. The molecule has 0 spiro atoms. The van der Waals surface area contributed by atoms with Crippen molar-refractivity contribution in [2.75, 3.05) is 11.9 Å². The van der Waals surface area contributed by atoms with Crippen LogP contribution in [0.25, 0.3) is 0 Å². The molecule has 112 valence electrons. The summed E-state index contributed by atoms with van der Waals surface area (Å²) >= 11 is 0. The number of aromatic nitrogens is 2. The van der Waals surface area contributed by atoms with Crippen molar-refractivity contribution in [1.29, 1.82) is 0 Å². The molecule has 0 aromatic carbocycles. The molecule has 0 bridgehead atoms. The molecule has 1 aromatic rings. The van der Waals surface area contributed by atoms with Crippen molar-refractivity contribution < 1.29 is 14.7 Å². The third-order valence-electron chi connectivity index (χ3n) is 2.98. The number of carboxylic acid groups (broad SMARTS) is 1. The first-order chi connectivity index (χ1) is 9.42. The maximum Gasteiger partial charge on any atom is 0.319 e. The van der Waals surface area contributed by atoms with E-state index >= 15 is 0 Å². The van der Waals surface area contributed by atoms with Crippen LogP contribution in [0, 0.1) is 5.92 Å². The lowest BCUT2D eigenvalue weighted by atomic mass is 10.0. The molecule has 7 heteroatoms. The zero-order valence-corrected chi connectivity index (χ0v) is 12.1. The Morgan fingerprint density at radius 1 is 1.45 bits per heavy atom. The van der Waals surface area contributed by atoms with Gasteiger partial charge in [0.05, 0.1) is 11.9 Å². The van der Waals surface area contributed by atoms with Gasteiger partial charge < -0.3 is 15.7 Å². The van der Waals surface area contributed by atoms with E-state index in [2.05, 4.69) is 15.7 Å². The summed E-state index contributed by atoms with van der Waals surface area (Å²) in [7, 11) is 0. The molecule has 0 saturated carbocycles. The molecule has 7 nitrogen and oxygen atoms in total. The summed E-state index contributed by atoms with van der Waals surface area (Å²) in [5.74, 6) is -0.908. The van der Waals surface area contributed by atoms with Crippen molar-refractivity contribution in [3.8, 4) is 0 Å². The van der Waals surface area contributed by atoms with Gasteiger partial charge in [0.1, 0.15) is 0 Å². The molecule has 0 aliphatic carbocycles. The van der Waals surface area contributed by atoms with Gasteiger partial charge in [-0.2, -0.15) is 5.10 Å². The summed E-state index contributed by atoms with van der Waals surface area (Å²) in [6.45, 7) is 6.23. The lowest BCUT2D eigenvalue weighted by Crippen LogP contribution is -2.33. The van der Waals surface area contributed by atoms with E-state index in [4.69, 9.17) is 5.11 Å². The first kappa shape index (κ1) is 16.0. The van der Waals surface area contributed by atoms with Gasteiger partial charge in [0.25, 0.3) is 0 Å². The van der Waals surface area contributed by atoms with Crippen molar-refractivity contribution in [3.05, 3.63) is 12.4 Å². The van der Waals surface area contributed by atoms with E-state index in [-0.39, 0.29) is 24.4 Å². The van der Waals surface area contributed by atoms with Gasteiger partial charge >= 0.3 is 12.0 Å². The summed E-state index contributed by atoms with van der Waals surface area (Å²) in [6, 6.07) is -0.120. The second kappa shape index (κ2) is 7.52. The Kier molecular flexibility index (Phi) is 6.02. The summed E-state index contributed by atoms with van der Waals surface area (Å²) in [4.78, 5) is 22.3. The van der Waals surface area contributed by atoms with E-state index in [1.54, 1.807) is 17.1 Å². The predicted molar refractivity (Wildman–Crippen MR) is 75.7 cm³/mol. The number of carboxylic acids is 1. The zero-order valence-electron chi connectivity index (χ0n) is 12.1. The fourth-order valence-electron chi connectivity index (χ4n) is 1.71. The van der Waals surface area contributed by atoms with Crippen LogP contribution < -0.4 is 10.6 Å². The van der Waals surface area contributed by atoms with Gasteiger partial charge in [-0.3, -0.25) is 9.48 Å². The minimum Gasteiger partial charge on any atom is -0.481 e. The van der Waals surface area contributed by atoms with Gasteiger partial charge in [0.2, 0.25) is 0 Å². The molecule has 1 heterocycles. The van der Waals surface area contributed by atoms with Gasteiger partial charge in [-0.25, -0.2) is 4.79 Å². The van der Waals surface area contributed by atoms with Gasteiger partial charge in [0, 0.05) is 25.2 Å². The van der Waals surface area contributed by atoms with Crippen LogP contribution in [-0.4, -0.2) is 33.4 Å². The molecule has 1 aromatic heterocycles. The Hall–Kier alpha value is -2.05. The highest BCUT2D eigenvalue weighted by atomic mass is 16.4. The molecule has 1 unspecified atom stereocenters. The monoisotopic (exact) mass is 282 g/mol. The second-order valence-corrected chi connectivity index (χ2v) is 5.01. The molecule has 0 fully saturated rings. The predicted octanol–water partition coefficient (Wildman–Crippen LogP) is 2.09. The highest BCUT2D eigenvalue weighted by molar-refractivity contribution is 5.88. The summed E-state index contributed by atoms with van der Waals surface area (Å²) < 4.78 is 1.74. The first-order valence-corrected chi connectivity index (χ1v) is 6.73. The molecular weight excluding hydrogens is 260 g/mol. The number of carbonyl (C=O) groups is 2. The van der Waals surface area contributed by atoms with Crippen molar-refractivity contribution >= 4 is 17.7 Å². The van der Waals surface area contributed by atoms with Crippen LogP contribution >= 0.6 is 0 Å². The third-order valence-corrected chi connectivity index (χ3v) is 2.98. The Bertz CT molecular complexity index is 456. The van der Waals surface area contributed by atoms with Crippen LogP contribution in [0.15, 0.2) is 12.4 Å². The minimum atomic E-state index is -0.850. The Morgan fingerprint density at radius 2 is 2.15 bits per heavy atom. The lowest BCUT2D eigenvalue weighted by Gasteiger charge is -2.13. The van der Waals surface area contributed by atoms with Gasteiger partial charge in [-0.15, -0.1) is 0 Å². The van der Waals surface area contributed by atoms with Crippen molar-refractivity contribution in [2.24, 2.45) is 5.92 Å². The van der Waals surface area contributed by atoms with E-state index in [0.717, 1.165) is 0 Å². The number of rotatable bonds is 7. The maximum atomic E-state index is 11.7. The van der Waals surface area contributed by atoms with E-state index < -0.39 is 5.97 Å². The topological polar surface area (TPSA) is 96.3 Å². The normalized spacial score (nSPS) is 12.2. The fraction of sp³-hybridized carbons (Fsp3) is 0.615. The molecule has 0 radical (unpaired) electrons. The van der Waals surface area contributed by atoms with Crippen LogP contribution in [-0.2, 0) is 4.79 Å². The molecule has 2 amide bonds. The maximum absolute atomic E-state index is 11.7. The molecule has 0 aliphatic rings. The number of amides is 2. The fourth-order valence-corrected chi connectivity index (χ4v) is 1.71. The summed E-state index contributed by atoms with van der Waals surface area (Å²) in [5.41, 5.74) is 0.613. The van der Waals surface area contributed by atoms with Crippen molar-refractivity contribution in [3.63, 3.8) is 0 Å². The molecule has 0 saturated heterocycles. The molecule has 20 heavy (non-hydrogen) atoms. The Morgan fingerprint density at radius 3 is 2.65 bits per heavy atom. The van der Waals surface area contributed by atoms with E-state index in [0.29, 0.717) is 18.7 Å². The quantitative estimate of drug-likeness (QED) is 0.713. The van der Waals surface area contributed by atoms with Gasteiger partial charge in [-0.05, 0) is 19.8 Å². The average Bonchev–Trinajstić information content (AvgIpc) is 2.82. The van der Waals surface area contributed by atoms with Crippen molar-refractivity contribution in [2.45, 2.75) is 39.7 Å². The summed E-state index contributed by atoms with van der Waals surface area (Å²) in [6.07, 6.45) is 4.09. The van der Waals surface area contributed by atoms with E-state index in [1.165, 1.54) is 0 Å². The molecule has 1 rings (SSSR count). The number of anilines is 1. The highest BCUT2D eigenvalue weighted by Gasteiger charge is 2.13. The smallest absolute Gasteiger partial charge is 0.319 e. The number of carbonyl (C=O) groups excluding carboxylic acids is 1. The summed E-state index contributed by atoms with van der Waals surface area (Å²) in [5, 5.41) is 18.2. The van der Waals surface area contributed by atoms with Crippen LogP contribution in [0.3, 0.4) is 0 Å². The number of hydrogen-bond donors (Lipinski definition) is 3. The van der Waals surface area contributed by atoms with Gasteiger partial charge in [-0.1, -0.05) is 13.3 Å². The lowest BCUT2D eigenvalue weighted by molar-refractivity contribution is -0.138. The molecule has 1 atom stereocenters. The van der Waals surface area contributed by atoms with E-state index in [9.17, 15) is 9.59 Å².